The van der Waals surface area contributed by atoms with Gasteiger partial charge in [0, 0.05) is 25.7 Å². The first kappa shape index (κ1) is 12.9. The predicted molar refractivity (Wildman–Crippen MR) is 55.8 cm³/mol. The van der Waals surface area contributed by atoms with Crippen molar-refractivity contribution in [2.45, 2.75) is 6.43 Å². The third kappa shape index (κ3) is 3.44. The molecule has 0 aromatic carbocycles. The molecular weight excluding hydrogens is 240 g/mol. The summed E-state index contributed by atoms with van der Waals surface area (Å²) in [6, 6.07) is 1.48. The first-order valence-corrected chi connectivity index (χ1v) is 5.21. The summed E-state index contributed by atoms with van der Waals surface area (Å²) in [5.74, 6) is -0.410. The van der Waals surface area contributed by atoms with Crippen molar-refractivity contribution in [3.8, 4) is 0 Å². The Morgan fingerprint density at radius 2 is 2.38 bits per heavy atom. The highest BCUT2D eigenvalue weighted by molar-refractivity contribution is 6.18. The zero-order chi connectivity index (χ0) is 12.1. The second-order valence-corrected chi connectivity index (χ2v) is 3.58. The van der Waals surface area contributed by atoms with Gasteiger partial charge in [-0.15, -0.1) is 11.6 Å². The minimum atomic E-state index is -2.57. The Labute approximate surface area is 96.8 Å². The molecule has 0 N–H and O–H groups in total. The monoisotopic (exact) mass is 251 g/mol. The highest BCUT2D eigenvalue weighted by atomic mass is 35.5. The van der Waals surface area contributed by atoms with Crippen LogP contribution in [0.25, 0.3) is 0 Å². The number of halogens is 3. The third-order valence-corrected chi connectivity index (χ3v) is 2.10. The maximum atomic E-state index is 12.2. The molecule has 7 heteroatoms. The van der Waals surface area contributed by atoms with Gasteiger partial charge in [0.1, 0.15) is 5.69 Å². The smallest absolute Gasteiger partial charge is 0.274 e. The van der Waals surface area contributed by atoms with Crippen molar-refractivity contribution in [1.29, 1.82) is 0 Å². The molecule has 0 aliphatic rings. The molecule has 0 spiro atoms. The van der Waals surface area contributed by atoms with Crippen LogP contribution in [0.15, 0.2) is 12.3 Å². The Morgan fingerprint density at radius 3 is 2.81 bits per heavy atom. The molecule has 0 bridgehead atoms. The second-order valence-electron chi connectivity index (χ2n) is 3.21. The van der Waals surface area contributed by atoms with Crippen LogP contribution in [0.5, 0.6) is 0 Å². The normalized spacial score (nSPS) is 10.8. The number of hydrogen-bond donors (Lipinski definition) is 0. The summed E-state index contributed by atoms with van der Waals surface area (Å²) >= 11 is 5.45. The van der Waals surface area contributed by atoms with E-state index in [4.69, 9.17) is 11.6 Å². The molecule has 0 aliphatic carbocycles. The van der Waals surface area contributed by atoms with Gasteiger partial charge in [0.25, 0.3) is 12.3 Å². The zero-order valence-electron chi connectivity index (χ0n) is 8.74. The van der Waals surface area contributed by atoms with E-state index in [0.29, 0.717) is 0 Å². The van der Waals surface area contributed by atoms with Crippen molar-refractivity contribution in [1.82, 2.24) is 14.7 Å². The summed E-state index contributed by atoms with van der Waals surface area (Å²) in [4.78, 5) is 12.7. The van der Waals surface area contributed by atoms with Crippen molar-refractivity contribution < 1.29 is 13.6 Å². The quantitative estimate of drug-likeness (QED) is 0.742. The van der Waals surface area contributed by atoms with Crippen molar-refractivity contribution in [2.75, 3.05) is 19.0 Å². The number of amides is 1. The number of carbonyl (C=O) groups excluding carboxylic acids is 1. The lowest BCUT2D eigenvalue weighted by Crippen LogP contribution is -2.36. The molecule has 0 saturated heterocycles. The molecule has 0 fully saturated rings. The first-order valence-electron chi connectivity index (χ1n) is 4.67. The van der Waals surface area contributed by atoms with Gasteiger partial charge < -0.3 is 4.90 Å². The standard InChI is InChI=1S/C9H12ClF2N3O/c1-14-4-2-7(13-14)9(16)15(5-3-10)6-8(11)12/h2,4,8H,3,5-6H2,1H3. The van der Waals surface area contributed by atoms with Crippen LogP contribution < -0.4 is 0 Å². The van der Waals surface area contributed by atoms with Gasteiger partial charge in [0.2, 0.25) is 0 Å². The van der Waals surface area contributed by atoms with E-state index in [-0.39, 0.29) is 18.1 Å². The van der Waals surface area contributed by atoms with E-state index in [1.165, 1.54) is 10.7 Å². The largest absolute Gasteiger partial charge is 0.330 e. The van der Waals surface area contributed by atoms with Crippen LogP contribution >= 0.6 is 11.6 Å². The van der Waals surface area contributed by atoms with Crippen molar-refractivity contribution in [3.05, 3.63) is 18.0 Å². The predicted octanol–water partition coefficient (Wildman–Crippen LogP) is 1.37. The highest BCUT2D eigenvalue weighted by Crippen LogP contribution is 2.05. The fourth-order valence-electron chi connectivity index (χ4n) is 1.24. The second kappa shape index (κ2) is 5.79. The maximum absolute atomic E-state index is 12.2. The van der Waals surface area contributed by atoms with E-state index in [1.807, 2.05) is 0 Å². The Morgan fingerprint density at radius 1 is 1.69 bits per heavy atom. The molecule has 1 amide bonds. The van der Waals surface area contributed by atoms with E-state index in [9.17, 15) is 13.6 Å². The molecule has 0 saturated carbocycles. The van der Waals surface area contributed by atoms with Crippen LogP contribution in [-0.2, 0) is 7.05 Å². The molecule has 1 rings (SSSR count). The van der Waals surface area contributed by atoms with Gasteiger partial charge in [0.15, 0.2) is 0 Å². The van der Waals surface area contributed by atoms with Gasteiger partial charge in [-0.25, -0.2) is 8.78 Å². The van der Waals surface area contributed by atoms with Crippen LogP contribution in [0.4, 0.5) is 8.78 Å². The molecule has 0 atom stereocenters. The van der Waals surface area contributed by atoms with Gasteiger partial charge in [-0.05, 0) is 6.07 Å². The van der Waals surface area contributed by atoms with E-state index in [0.717, 1.165) is 4.90 Å². The number of rotatable bonds is 5. The lowest BCUT2D eigenvalue weighted by atomic mass is 10.3. The molecule has 1 aromatic rings. The summed E-state index contributed by atoms with van der Waals surface area (Å²) in [5, 5.41) is 3.86. The topological polar surface area (TPSA) is 38.1 Å². The van der Waals surface area contributed by atoms with E-state index in [1.54, 1.807) is 13.2 Å². The fraction of sp³-hybridized carbons (Fsp3) is 0.556. The van der Waals surface area contributed by atoms with Crippen LogP contribution in [0.3, 0.4) is 0 Å². The average Bonchev–Trinajstić information content (AvgIpc) is 2.62. The molecule has 1 heterocycles. The average molecular weight is 252 g/mol. The van der Waals surface area contributed by atoms with Gasteiger partial charge >= 0.3 is 0 Å². The highest BCUT2D eigenvalue weighted by Gasteiger charge is 2.20. The maximum Gasteiger partial charge on any atom is 0.274 e. The lowest BCUT2D eigenvalue weighted by Gasteiger charge is -2.19. The van der Waals surface area contributed by atoms with Crippen LogP contribution in [0, 0.1) is 0 Å². The summed E-state index contributed by atoms with van der Waals surface area (Å²) in [5.41, 5.74) is 0.147. The SMILES string of the molecule is Cn1ccc(C(=O)N(CCCl)CC(F)F)n1. The fourth-order valence-corrected chi connectivity index (χ4v) is 1.44. The summed E-state index contributed by atoms with van der Waals surface area (Å²) in [6.07, 6.45) is -0.995. The molecule has 1 aromatic heterocycles. The van der Waals surface area contributed by atoms with E-state index in [2.05, 4.69) is 5.10 Å². The minimum Gasteiger partial charge on any atom is -0.330 e. The molecule has 16 heavy (non-hydrogen) atoms. The number of nitrogens with zero attached hydrogens (tertiary/aromatic N) is 3. The van der Waals surface area contributed by atoms with Gasteiger partial charge in [0.05, 0.1) is 6.54 Å². The van der Waals surface area contributed by atoms with Crippen LogP contribution in [-0.4, -0.2) is 46.0 Å². The lowest BCUT2D eigenvalue weighted by molar-refractivity contribution is 0.0565. The first-order chi connectivity index (χ1) is 7.54. The molecule has 90 valence electrons. The number of aromatic nitrogens is 2. The molecule has 0 unspecified atom stereocenters. The molecular formula is C9H12ClF2N3O. The Hall–Kier alpha value is -1.17. The number of aryl methyl sites for hydroxylation is 1. The van der Waals surface area contributed by atoms with Crippen molar-refractivity contribution in [2.24, 2.45) is 7.05 Å². The Balaban J connectivity index is 2.74. The van der Waals surface area contributed by atoms with Gasteiger partial charge in [-0.3, -0.25) is 9.48 Å². The van der Waals surface area contributed by atoms with Crippen molar-refractivity contribution >= 4 is 17.5 Å². The molecule has 0 aliphatic heterocycles. The number of alkyl halides is 3. The Kier molecular flexibility index (Phi) is 4.67. The van der Waals surface area contributed by atoms with E-state index >= 15 is 0 Å². The molecule has 0 radical (unpaired) electrons. The summed E-state index contributed by atoms with van der Waals surface area (Å²) in [7, 11) is 1.65. The van der Waals surface area contributed by atoms with Crippen molar-refractivity contribution in [3.63, 3.8) is 0 Å². The third-order valence-electron chi connectivity index (χ3n) is 1.93. The number of carbonyl (C=O) groups is 1. The van der Waals surface area contributed by atoms with Gasteiger partial charge in [-0.2, -0.15) is 5.10 Å². The van der Waals surface area contributed by atoms with E-state index < -0.39 is 18.9 Å². The van der Waals surface area contributed by atoms with Crippen LogP contribution in [0.2, 0.25) is 0 Å². The molecule has 4 nitrogen and oxygen atoms in total. The zero-order valence-corrected chi connectivity index (χ0v) is 9.49. The number of hydrogen-bond acceptors (Lipinski definition) is 2. The van der Waals surface area contributed by atoms with Crippen LogP contribution in [0.1, 0.15) is 10.5 Å². The summed E-state index contributed by atoms with van der Waals surface area (Å²) in [6.45, 7) is -0.538. The van der Waals surface area contributed by atoms with Gasteiger partial charge in [-0.1, -0.05) is 0 Å². The minimum absolute atomic E-state index is 0.0846. The summed E-state index contributed by atoms with van der Waals surface area (Å²) < 4.78 is 25.9. The Bertz CT molecular complexity index is 356.